The lowest BCUT2D eigenvalue weighted by atomic mass is 10.1. The Morgan fingerprint density at radius 2 is 1.42 bits per heavy atom. The lowest BCUT2D eigenvalue weighted by Crippen LogP contribution is -2.41. The summed E-state index contributed by atoms with van der Waals surface area (Å²) in [5, 5.41) is -0.701. The minimum absolute atomic E-state index is 0.0664. The van der Waals surface area contributed by atoms with E-state index in [1.807, 2.05) is 0 Å². The molecule has 2 rings (SSSR count). The molecule has 2 fully saturated rings. The first-order chi connectivity index (χ1) is 11.2. The smallest absolute Gasteiger partial charge is 0.242 e. The molecule has 4 amide bonds. The van der Waals surface area contributed by atoms with Crippen LogP contribution in [0.5, 0.6) is 0 Å². The largest absolute Gasteiger partial charge is 0.280 e. The number of amides is 4. The Labute approximate surface area is 151 Å². The van der Waals surface area contributed by atoms with Gasteiger partial charge in [0.2, 0.25) is 23.6 Å². The molecule has 0 aliphatic carbocycles. The van der Waals surface area contributed by atoms with Crippen LogP contribution in [-0.2, 0) is 19.2 Å². The van der Waals surface area contributed by atoms with Crippen molar-refractivity contribution < 1.29 is 19.2 Å². The third-order valence-corrected chi connectivity index (χ3v) is 7.07. The molecule has 0 N–H and O–H groups in total. The van der Waals surface area contributed by atoms with Gasteiger partial charge in [-0.15, -0.1) is 11.8 Å². The first kappa shape index (κ1) is 19.3. The van der Waals surface area contributed by atoms with Gasteiger partial charge in [0.25, 0.3) is 0 Å². The zero-order chi connectivity index (χ0) is 18.1. The molecule has 0 bridgehead atoms. The van der Waals surface area contributed by atoms with Crippen molar-refractivity contribution in [1.82, 2.24) is 9.80 Å². The van der Waals surface area contributed by atoms with Crippen LogP contribution in [0.4, 0.5) is 0 Å². The number of hydrogen-bond acceptors (Lipinski definition) is 6. The number of carbonyl (C=O) groups excluding carboxylic acids is 4. The Morgan fingerprint density at radius 3 is 1.83 bits per heavy atom. The highest BCUT2D eigenvalue weighted by Gasteiger charge is 2.43. The predicted octanol–water partition coefficient (Wildman–Crippen LogP) is 1.53. The number of thioether (sulfide) groups is 2. The second kappa shape index (κ2) is 7.47. The highest BCUT2D eigenvalue weighted by Crippen LogP contribution is 2.37. The third kappa shape index (κ3) is 3.96. The van der Waals surface area contributed by atoms with Gasteiger partial charge in [0.15, 0.2) is 0 Å². The summed E-state index contributed by atoms with van der Waals surface area (Å²) in [7, 11) is 0. The summed E-state index contributed by atoms with van der Waals surface area (Å²) in [6, 6.07) is 0. The van der Waals surface area contributed by atoms with Crippen LogP contribution in [0.3, 0.4) is 0 Å². The van der Waals surface area contributed by atoms with Crippen LogP contribution in [-0.4, -0.2) is 68.0 Å². The third-order valence-electron chi connectivity index (χ3n) is 4.55. The van der Waals surface area contributed by atoms with E-state index in [9.17, 15) is 19.2 Å². The summed E-state index contributed by atoms with van der Waals surface area (Å²) in [6.45, 7) is 6.36. The Morgan fingerprint density at radius 1 is 0.958 bits per heavy atom. The minimum Gasteiger partial charge on any atom is -0.280 e. The molecule has 24 heavy (non-hydrogen) atoms. The van der Waals surface area contributed by atoms with E-state index >= 15 is 0 Å². The molecule has 134 valence electrons. The van der Waals surface area contributed by atoms with E-state index in [-0.39, 0.29) is 64.8 Å². The molecule has 2 heterocycles. The fourth-order valence-electron chi connectivity index (χ4n) is 2.72. The zero-order valence-corrected chi connectivity index (χ0v) is 16.2. The molecule has 2 aliphatic rings. The molecule has 2 aliphatic heterocycles. The highest BCUT2D eigenvalue weighted by molar-refractivity contribution is 8.02. The van der Waals surface area contributed by atoms with Crippen LogP contribution in [0.1, 0.15) is 40.0 Å². The summed E-state index contributed by atoms with van der Waals surface area (Å²) < 4.78 is -0.0664. The van der Waals surface area contributed by atoms with Crippen molar-refractivity contribution in [2.45, 2.75) is 55.3 Å². The number of hydrogen-bond donors (Lipinski definition) is 0. The van der Waals surface area contributed by atoms with E-state index in [1.165, 1.54) is 33.3 Å². The number of rotatable bonds is 7. The molecule has 0 aromatic heterocycles. The van der Waals surface area contributed by atoms with Crippen molar-refractivity contribution in [3.63, 3.8) is 0 Å². The molecular weight excluding hydrogens is 348 g/mol. The fraction of sp³-hybridized carbons (Fsp3) is 0.750. The van der Waals surface area contributed by atoms with Crippen LogP contribution >= 0.6 is 23.5 Å². The van der Waals surface area contributed by atoms with E-state index in [0.717, 1.165) is 6.42 Å². The van der Waals surface area contributed by atoms with E-state index < -0.39 is 0 Å². The second-order valence-corrected chi connectivity index (χ2v) is 9.57. The summed E-state index contributed by atoms with van der Waals surface area (Å²) in [5.74, 6) is -0.863. The highest BCUT2D eigenvalue weighted by atomic mass is 32.2. The number of nitrogens with zero attached hydrogens (tertiary/aromatic N) is 2. The molecule has 2 unspecified atom stereocenters. The fourth-order valence-corrected chi connectivity index (χ4v) is 4.75. The number of likely N-dealkylation sites (tertiary alicyclic amines) is 2. The average molecular weight is 373 g/mol. The van der Waals surface area contributed by atoms with Crippen molar-refractivity contribution >= 4 is 47.2 Å². The van der Waals surface area contributed by atoms with Crippen molar-refractivity contribution in [3.05, 3.63) is 0 Å². The maximum atomic E-state index is 12.5. The molecule has 2 atom stereocenters. The van der Waals surface area contributed by atoms with Gasteiger partial charge in [0.1, 0.15) is 0 Å². The molecule has 6 nitrogen and oxygen atoms in total. The van der Waals surface area contributed by atoms with Crippen molar-refractivity contribution in [1.29, 1.82) is 0 Å². The maximum Gasteiger partial charge on any atom is 0.242 e. The van der Waals surface area contributed by atoms with Gasteiger partial charge >= 0.3 is 0 Å². The Bertz CT molecular complexity index is 564. The standard InChI is InChI=1S/C16H24N2O4S2/c1-5-16(2,3)24-11-9-13(20)18(15(11)22)7-6-17-12(19)8-10(23-4)14(17)21/h10-11H,5-9H2,1-4H3. The molecule has 0 aromatic carbocycles. The first-order valence-corrected chi connectivity index (χ1v) is 10.3. The van der Waals surface area contributed by atoms with Crippen LogP contribution in [0.25, 0.3) is 0 Å². The van der Waals surface area contributed by atoms with Gasteiger partial charge in [0.05, 0.1) is 10.5 Å². The Balaban J connectivity index is 1.96. The minimum atomic E-state index is -0.364. The van der Waals surface area contributed by atoms with Crippen LogP contribution in [0.15, 0.2) is 0 Å². The molecule has 0 saturated carbocycles. The van der Waals surface area contributed by atoms with E-state index in [1.54, 1.807) is 6.26 Å². The van der Waals surface area contributed by atoms with Crippen molar-refractivity contribution in [3.8, 4) is 0 Å². The second-order valence-electron chi connectivity index (χ2n) is 6.62. The van der Waals surface area contributed by atoms with Gasteiger partial charge < -0.3 is 0 Å². The average Bonchev–Trinajstić information content (AvgIpc) is 2.94. The summed E-state index contributed by atoms with van der Waals surface area (Å²) in [4.78, 5) is 51.0. The molecule has 8 heteroatoms. The molecular formula is C16H24N2O4S2. The lowest BCUT2D eigenvalue weighted by Gasteiger charge is -2.25. The van der Waals surface area contributed by atoms with Crippen LogP contribution in [0.2, 0.25) is 0 Å². The number of carbonyl (C=O) groups is 4. The van der Waals surface area contributed by atoms with Gasteiger partial charge in [-0.3, -0.25) is 29.0 Å². The van der Waals surface area contributed by atoms with Crippen molar-refractivity contribution in [2.24, 2.45) is 0 Å². The lowest BCUT2D eigenvalue weighted by molar-refractivity contribution is -0.143. The SMILES string of the molecule is CCC(C)(C)SC1CC(=O)N(CCN2C(=O)CC(SC)C2=O)C1=O. The maximum absolute atomic E-state index is 12.5. The van der Waals surface area contributed by atoms with Gasteiger partial charge in [-0.25, -0.2) is 0 Å². The van der Waals surface area contributed by atoms with Crippen molar-refractivity contribution in [2.75, 3.05) is 19.3 Å². The normalized spacial score (nSPS) is 25.3. The van der Waals surface area contributed by atoms with Gasteiger partial charge in [-0.1, -0.05) is 20.8 Å². The predicted molar refractivity (Wildman–Crippen MR) is 95.7 cm³/mol. The van der Waals surface area contributed by atoms with Gasteiger partial charge in [-0.2, -0.15) is 11.8 Å². The molecule has 0 aromatic rings. The first-order valence-electron chi connectivity index (χ1n) is 8.09. The van der Waals surface area contributed by atoms with E-state index in [2.05, 4.69) is 20.8 Å². The number of imide groups is 2. The summed E-state index contributed by atoms with van der Waals surface area (Å²) in [6.07, 6.45) is 3.10. The van der Waals surface area contributed by atoms with Crippen LogP contribution < -0.4 is 0 Å². The Hall–Kier alpha value is -1.02. The Kier molecular flexibility index (Phi) is 6.01. The monoisotopic (exact) mass is 372 g/mol. The van der Waals surface area contributed by atoms with Gasteiger partial charge in [-0.05, 0) is 12.7 Å². The molecule has 0 radical (unpaired) electrons. The van der Waals surface area contributed by atoms with E-state index in [4.69, 9.17) is 0 Å². The molecule has 2 saturated heterocycles. The topological polar surface area (TPSA) is 74.8 Å². The summed E-state index contributed by atoms with van der Waals surface area (Å²) in [5.41, 5.74) is 0. The zero-order valence-electron chi connectivity index (χ0n) is 14.5. The van der Waals surface area contributed by atoms with Crippen LogP contribution in [0, 0.1) is 0 Å². The molecule has 0 spiro atoms. The van der Waals surface area contributed by atoms with Gasteiger partial charge in [0, 0.05) is 30.7 Å². The van der Waals surface area contributed by atoms with E-state index in [0.29, 0.717) is 0 Å². The summed E-state index contributed by atoms with van der Waals surface area (Å²) >= 11 is 2.88. The quantitative estimate of drug-likeness (QED) is 0.631.